The van der Waals surface area contributed by atoms with Crippen LogP contribution in [0.5, 0.6) is 0 Å². The lowest BCUT2D eigenvalue weighted by atomic mass is 10.1. The molecule has 2 heterocycles. The Labute approximate surface area is 177 Å². The van der Waals surface area contributed by atoms with Crippen LogP contribution in [0.4, 0.5) is 24.5 Å². The first-order chi connectivity index (χ1) is 14.7. The Morgan fingerprint density at radius 1 is 1.23 bits per heavy atom. The average molecular weight is 452 g/mol. The van der Waals surface area contributed by atoms with Crippen LogP contribution in [-0.4, -0.2) is 36.3 Å². The van der Waals surface area contributed by atoms with Gasteiger partial charge in [-0.25, -0.2) is 0 Å². The Balaban J connectivity index is 1.74. The molecular weight excluding hydrogens is 437 g/mol. The number of hydrogen-bond donors (Lipinski definition) is 1. The summed E-state index contributed by atoms with van der Waals surface area (Å²) in [6.07, 6.45) is -1.66. The van der Waals surface area contributed by atoms with Crippen LogP contribution in [0.2, 0.25) is 0 Å². The lowest BCUT2D eigenvalue weighted by Crippen LogP contribution is -2.18. The molecule has 3 aromatic rings. The van der Waals surface area contributed by atoms with Crippen LogP contribution in [0, 0.1) is 10.1 Å². The number of amides is 1. The van der Waals surface area contributed by atoms with E-state index >= 15 is 0 Å². The van der Waals surface area contributed by atoms with Gasteiger partial charge in [0.1, 0.15) is 0 Å². The summed E-state index contributed by atoms with van der Waals surface area (Å²) in [7, 11) is 0. The summed E-state index contributed by atoms with van der Waals surface area (Å²) >= 11 is 1.01. The monoisotopic (exact) mass is 452 g/mol. The molecule has 2 aromatic heterocycles. The summed E-state index contributed by atoms with van der Waals surface area (Å²) in [5.74, 6) is -0.383. The second-order valence-corrected chi connectivity index (χ2v) is 7.05. The highest BCUT2D eigenvalue weighted by Crippen LogP contribution is 2.37. The van der Waals surface area contributed by atoms with E-state index < -0.39 is 33.9 Å². The molecule has 0 atom stereocenters. The molecule has 0 saturated heterocycles. The van der Waals surface area contributed by atoms with Gasteiger partial charge in [0.2, 0.25) is 5.91 Å². The molecule has 0 aliphatic heterocycles. The van der Waals surface area contributed by atoms with E-state index in [0.29, 0.717) is 23.6 Å². The van der Waals surface area contributed by atoms with Crippen molar-refractivity contribution in [2.45, 2.75) is 24.8 Å². The van der Waals surface area contributed by atoms with Gasteiger partial charge in [-0.2, -0.15) is 13.2 Å². The van der Waals surface area contributed by atoms with Gasteiger partial charge in [-0.15, -0.1) is 10.2 Å². The van der Waals surface area contributed by atoms with Gasteiger partial charge in [0.05, 0.1) is 21.9 Å². The van der Waals surface area contributed by atoms with E-state index in [1.165, 1.54) is 0 Å². The predicted octanol–water partition coefficient (Wildman–Crippen LogP) is 4.02. The second-order valence-electron chi connectivity index (χ2n) is 6.11. The van der Waals surface area contributed by atoms with E-state index in [9.17, 15) is 28.1 Å². The predicted molar refractivity (Wildman–Crippen MR) is 106 cm³/mol. The molecular formula is C18H15F3N6O3S. The van der Waals surface area contributed by atoms with Crippen LogP contribution >= 0.6 is 11.8 Å². The number of nitro benzene ring substituents is 1. The van der Waals surface area contributed by atoms with Crippen molar-refractivity contribution in [3.63, 3.8) is 0 Å². The normalized spacial score (nSPS) is 11.4. The molecule has 0 aliphatic carbocycles. The summed E-state index contributed by atoms with van der Waals surface area (Å²) in [4.78, 5) is 26.0. The fourth-order valence-corrected chi connectivity index (χ4v) is 3.50. The minimum Gasteiger partial charge on any atom is -0.325 e. The van der Waals surface area contributed by atoms with Crippen LogP contribution < -0.4 is 5.32 Å². The number of alkyl halides is 3. The number of carbonyl (C=O) groups is 1. The minimum absolute atomic E-state index is 0.233. The van der Waals surface area contributed by atoms with Gasteiger partial charge < -0.3 is 9.88 Å². The van der Waals surface area contributed by atoms with Gasteiger partial charge in [0, 0.05) is 36.6 Å². The number of hydrogen-bond acceptors (Lipinski definition) is 7. The van der Waals surface area contributed by atoms with Crippen LogP contribution in [0.15, 0.2) is 47.9 Å². The highest BCUT2D eigenvalue weighted by Gasteiger charge is 2.35. The van der Waals surface area contributed by atoms with Crippen molar-refractivity contribution < 1.29 is 22.9 Å². The Hall–Kier alpha value is -3.48. The molecule has 1 aromatic carbocycles. The van der Waals surface area contributed by atoms with E-state index in [-0.39, 0.29) is 5.75 Å². The molecule has 1 amide bonds. The number of thioether (sulfide) groups is 1. The zero-order chi connectivity index (χ0) is 22.6. The van der Waals surface area contributed by atoms with Crippen LogP contribution in [0.3, 0.4) is 0 Å². The molecule has 3 rings (SSSR count). The number of halogens is 3. The third-order valence-corrected chi connectivity index (χ3v) is 5.06. The number of nitrogens with zero attached hydrogens (tertiary/aromatic N) is 5. The highest BCUT2D eigenvalue weighted by molar-refractivity contribution is 7.99. The number of pyridine rings is 1. The van der Waals surface area contributed by atoms with Crippen molar-refractivity contribution >= 4 is 29.0 Å². The van der Waals surface area contributed by atoms with Crippen molar-refractivity contribution in [3.8, 4) is 11.4 Å². The minimum atomic E-state index is -4.87. The SMILES string of the molecule is CCn1c(SCC(=O)Nc2ccc([N+](=O)[O-])cc2C(F)(F)F)nnc1-c1ccncc1. The van der Waals surface area contributed by atoms with E-state index in [0.717, 1.165) is 29.5 Å². The maximum atomic E-state index is 13.3. The summed E-state index contributed by atoms with van der Waals surface area (Å²) in [5, 5.41) is 21.5. The van der Waals surface area contributed by atoms with E-state index in [2.05, 4.69) is 20.5 Å². The first-order valence-electron chi connectivity index (χ1n) is 8.82. The number of aromatic nitrogens is 4. The number of benzene rings is 1. The largest absolute Gasteiger partial charge is 0.418 e. The maximum Gasteiger partial charge on any atom is 0.418 e. The first-order valence-corrected chi connectivity index (χ1v) is 9.81. The quantitative estimate of drug-likeness (QED) is 0.327. The van der Waals surface area contributed by atoms with Crippen molar-refractivity contribution in [1.29, 1.82) is 0 Å². The van der Waals surface area contributed by atoms with Crippen molar-refractivity contribution in [2.75, 3.05) is 11.1 Å². The molecule has 162 valence electrons. The number of anilines is 1. The standard InChI is InChI=1S/C18H15F3N6O3S/c1-2-26-16(11-5-7-22-8-6-11)24-25-17(26)31-10-15(28)23-14-4-3-12(27(29)30)9-13(14)18(19,20)21/h3-9H,2,10H2,1H3,(H,23,28). The molecule has 0 saturated carbocycles. The van der Waals surface area contributed by atoms with Gasteiger partial charge in [-0.3, -0.25) is 19.9 Å². The number of nitrogens with one attached hydrogen (secondary N) is 1. The molecule has 0 fully saturated rings. The maximum absolute atomic E-state index is 13.3. The van der Waals surface area contributed by atoms with Gasteiger partial charge in [0.15, 0.2) is 11.0 Å². The van der Waals surface area contributed by atoms with Crippen LogP contribution in [0.25, 0.3) is 11.4 Å². The van der Waals surface area contributed by atoms with Crippen molar-refractivity contribution in [3.05, 3.63) is 58.4 Å². The molecule has 1 N–H and O–H groups in total. The summed E-state index contributed by atoms with van der Waals surface area (Å²) < 4.78 is 41.5. The smallest absolute Gasteiger partial charge is 0.325 e. The molecule has 0 unspecified atom stereocenters. The van der Waals surface area contributed by atoms with Crippen LogP contribution in [-0.2, 0) is 17.5 Å². The van der Waals surface area contributed by atoms with Crippen molar-refractivity contribution in [1.82, 2.24) is 19.7 Å². The molecule has 0 radical (unpaired) electrons. The number of nitro groups is 1. The van der Waals surface area contributed by atoms with E-state index in [1.807, 2.05) is 6.92 Å². The van der Waals surface area contributed by atoms with Gasteiger partial charge >= 0.3 is 6.18 Å². The third-order valence-electron chi connectivity index (χ3n) is 4.10. The first kappa shape index (κ1) is 22.2. The second kappa shape index (κ2) is 9.12. The molecule has 13 heteroatoms. The zero-order valence-electron chi connectivity index (χ0n) is 16.0. The number of carbonyl (C=O) groups excluding carboxylic acids is 1. The Morgan fingerprint density at radius 2 is 1.94 bits per heavy atom. The summed E-state index contributed by atoms with van der Waals surface area (Å²) in [5.41, 5.74) is -1.80. The third kappa shape index (κ3) is 5.17. The fraction of sp³-hybridized carbons (Fsp3) is 0.222. The summed E-state index contributed by atoms with van der Waals surface area (Å²) in [6.45, 7) is 2.37. The molecule has 31 heavy (non-hydrogen) atoms. The van der Waals surface area contributed by atoms with Gasteiger partial charge in [-0.1, -0.05) is 11.8 Å². The highest BCUT2D eigenvalue weighted by atomic mass is 32.2. The number of non-ortho nitro benzene ring substituents is 1. The molecule has 0 aliphatic rings. The fourth-order valence-electron chi connectivity index (χ4n) is 2.70. The van der Waals surface area contributed by atoms with E-state index in [1.54, 1.807) is 29.1 Å². The topological polar surface area (TPSA) is 116 Å². The lowest BCUT2D eigenvalue weighted by molar-refractivity contribution is -0.385. The Kier molecular flexibility index (Phi) is 6.53. The molecule has 0 bridgehead atoms. The number of rotatable bonds is 7. The Morgan fingerprint density at radius 3 is 2.55 bits per heavy atom. The lowest BCUT2D eigenvalue weighted by Gasteiger charge is -2.13. The summed E-state index contributed by atoms with van der Waals surface area (Å²) in [6, 6.07) is 5.65. The molecule has 9 nitrogen and oxygen atoms in total. The van der Waals surface area contributed by atoms with Crippen molar-refractivity contribution in [2.24, 2.45) is 0 Å². The average Bonchev–Trinajstić information content (AvgIpc) is 3.15. The van der Waals surface area contributed by atoms with Gasteiger partial charge in [-0.05, 0) is 25.1 Å². The Bertz CT molecular complexity index is 1100. The molecule has 0 spiro atoms. The van der Waals surface area contributed by atoms with Crippen LogP contribution in [0.1, 0.15) is 12.5 Å². The zero-order valence-corrected chi connectivity index (χ0v) is 16.8. The van der Waals surface area contributed by atoms with E-state index in [4.69, 9.17) is 0 Å². The van der Waals surface area contributed by atoms with Gasteiger partial charge in [0.25, 0.3) is 5.69 Å².